The Bertz CT molecular complexity index is 515. The quantitative estimate of drug-likeness (QED) is 0.619. The van der Waals surface area contributed by atoms with E-state index in [9.17, 15) is 0 Å². The molecule has 0 aliphatic carbocycles. The van der Waals surface area contributed by atoms with Gasteiger partial charge in [-0.3, -0.25) is 10.5 Å². The lowest BCUT2D eigenvalue weighted by Gasteiger charge is -2.12. The molecule has 0 fully saturated rings. The topological polar surface area (TPSA) is 69.0 Å². The molecule has 3 N–H and O–H groups in total. The third-order valence-corrected chi connectivity index (χ3v) is 3.18. The van der Waals surface area contributed by atoms with E-state index >= 15 is 0 Å². The number of rotatable bonds is 6. The van der Waals surface area contributed by atoms with Gasteiger partial charge in [0, 0.05) is 25.1 Å². The van der Waals surface area contributed by atoms with Gasteiger partial charge in [-0.15, -0.1) is 0 Å². The van der Waals surface area contributed by atoms with Crippen molar-refractivity contribution in [1.29, 1.82) is 0 Å². The molecule has 1 atom stereocenters. The number of nitrogens with one attached hydrogen (secondary N) is 1. The summed E-state index contributed by atoms with van der Waals surface area (Å²) < 4.78 is 7.68. The minimum absolute atomic E-state index is 0.0455. The molecule has 0 aromatic carbocycles. The first kappa shape index (κ1) is 13.8. The molecule has 0 aliphatic rings. The molecule has 5 heteroatoms. The highest BCUT2D eigenvalue weighted by Gasteiger charge is 2.16. The molecule has 0 spiro atoms. The van der Waals surface area contributed by atoms with Crippen LogP contribution < -0.4 is 11.3 Å². The molecule has 0 radical (unpaired) electrons. The Balaban J connectivity index is 2.09. The molecule has 1 unspecified atom stereocenters. The lowest BCUT2D eigenvalue weighted by Crippen LogP contribution is -2.29. The molecule has 2 heterocycles. The Morgan fingerprint density at radius 3 is 2.68 bits per heavy atom. The first-order chi connectivity index (χ1) is 9.13. The Labute approximate surface area is 113 Å². The highest BCUT2D eigenvalue weighted by atomic mass is 16.3. The number of hydrogen-bond donors (Lipinski definition) is 2. The molecular weight excluding hydrogens is 240 g/mol. The normalized spacial score (nSPS) is 13.1. The van der Waals surface area contributed by atoms with Crippen LogP contribution >= 0.6 is 0 Å². The van der Waals surface area contributed by atoms with E-state index < -0.39 is 0 Å². The summed E-state index contributed by atoms with van der Waals surface area (Å²) in [5.74, 6) is 7.46. The fraction of sp³-hybridized carbons (Fsp3) is 0.500. The molecule has 2 aromatic heterocycles. The van der Waals surface area contributed by atoms with Gasteiger partial charge in [0.05, 0.1) is 11.7 Å². The maximum atomic E-state index is 5.74. The van der Waals surface area contributed by atoms with Gasteiger partial charge >= 0.3 is 0 Å². The van der Waals surface area contributed by atoms with Gasteiger partial charge in [-0.05, 0) is 32.0 Å². The minimum atomic E-state index is -0.0455. The van der Waals surface area contributed by atoms with Crippen LogP contribution in [-0.4, -0.2) is 9.78 Å². The number of hydrogen-bond acceptors (Lipinski definition) is 4. The lowest BCUT2D eigenvalue weighted by atomic mass is 10.1. The number of nitrogens with two attached hydrogens (primary N) is 1. The molecule has 2 aromatic rings. The predicted octanol–water partition coefficient (Wildman–Crippen LogP) is 2.37. The van der Waals surface area contributed by atoms with Crippen molar-refractivity contribution in [3.8, 4) is 0 Å². The van der Waals surface area contributed by atoms with Crippen molar-refractivity contribution >= 4 is 0 Å². The van der Waals surface area contributed by atoms with Crippen LogP contribution in [0.25, 0.3) is 0 Å². The first-order valence-electron chi connectivity index (χ1n) is 6.72. The van der Waals surface area contributed by atoms with Crippen LogP contribution in [-0.2, 0) is 12.8 Å². The van der Waals surface area contributed by atoms with E-state index in [0.29, 0.717) is 12.5 Å². The third kappa shape index (κ3) is 3.24. The zero-order chi connectivity index (χ0) is 13.8. The Morgan fingerprint density at radius 2 is 2.16 bits per heavy atom. The van der Waals surface area contributed by atoms with Gasteiger partial charge in [-0.2, -0.15) is 5.10 Å². The van der Waals surface area contributed by atoms with Crippen molar-refractivity contribution in [2.24, 2.45) is 5.84 Å². The highest BCUT2D eigenvalue weighted by Crippen LogP contribution is 2.20. The van der Waals surface area contributed by atoms with Crippen LogP contribution in [0.1, 0.15) is 50.1 Å². The standard InChI is InChI=1S/C14H22N4O/c1-4-12-5-6-14(19-12)13(16-15)9-11-7-8-18(17-11)10(2)3/h5-8,10,13,16H,4,9,15H2,1-3H3. The van der Waals surface area contributed by atoms with Gasteiger partial charge in [0.1, 0.15) is 11.5 Å². The Hall–Kier alpha value is -1.59. The number of aryl methyl sites for hydroxylation is 1. The van der Waals surface area contributed by atoms with Gasteiger partial charge < -0.3 is 4.42 Å². The van der Waals surface area contributed by atoms with Gasteiger partial charge in [-0.25, -0.2) is 5.43 Å². The highest BCUT2D eigenvalue weighted by molar-refractivity contribution is 5.13. The number of furan rings is 1. The van der Waals surface area contributed by atoms with Crippen molar-refractivity contribution in [2.75, 3.05) is 0 Å². The summed E-state index contributed by atoms with van der Waals surface area (Å²) in [6.45, 7) is 6.28. The van der Waals surface area contributed by atoms with E-state index in [2.05, 4.69) is 31.3 Å². The van der Waals surface area contributed by atoms with Gasteiger partial charge in [0.2, 0.25) is 0 Å². The lowest BCUT2D eigenvalue weighted by molar-refractivity contribution is 0.393. The van der Waals surface area contributed by atoms with E-state index in [4.69, 9.17) is 10.3 Å². The zero-order valence-electron chi connectivity index (χ0n) is 11.8. The van der Waals surface area contributed by atoms with Crippen molar-refractivity contribution in [3.05, 3.63) is 41.6 Å². The third-order valence-electron chi connectivity index (χ3n) is 3.18. The van der Waals surface area contributed by atoms with Crippen LogP contribution in [0, 0.1) is 0 Å². The smallest absolute Gasteiger partial charge is 0.122 e. The first-order valence-corrected chi connectivity index (χ1v) is 6.72. The Morgan fingerprint density at radius 1 is 1.37 bits per heavy atom. The van der Waals surface area contributed by atoms with E-state index in [0.717, 1.165) is 23.6 Å². The molecule has 0 amide bonds. The Kier molecular flexibility index (Phi) is 4.39. The molecule has 104 valence electrons. The van der Waals surface area contributed by atoms with Crippen LogP contribution in [0.3, 0.4) is 0 Å². The molecule has 2 rings (SSSR count). The molecule has 0 saturated heterocycles. The SMILES string of the molecule is CCc1ccc(C(Cc2ccn(C(C)C)n2)NN)o1. The summed E-state index contributed by atoms with van der Waals surface area (Å²) in [5, 5.41) is 4.53. The average molecular weight is 262 g/mol. The predicted molar refractivity (Wildman–Crippen MR) is 74.5 cm³/mol. The molecule has 0 aliphatic heterocycles. The fourth-order valence-corrected chi connectivity index (χ4v) is 2.00. The van der Waals surface area contributed by atoms with Crippen LogP contribution in [0.4, 0.5) is 0 Å². The van der Waals surface area contributed by atoms with Gasteiger partial charge in [-0.1, -0.05) is 6.92 Å². The van der Waals surface area contributed by atoms with E-state index in [1.807, 2.05) is 29.1 Å². The number of aromatic nitrogens is 2. The second-order valence-electron chi connectivity index (χ2n) is 4.96. The minimum Gasteiger partial charge on any atom is -0.464 e. The summed E-state index contributed by atoms with van der Waals surface area (Å²) in [7, 11) is 0. The molecular formula is C14H22N4O. The number of hydrazine groups is 1. The molecule has 0 bridgehead atoms. The molecule has 19 heavy (non-hydrogen) atoms. The second kappa shape index (κ2) is 6.04. The summed E-state index contributed by atoms with van der Waals surface area (Å²) in [5.41, 5.74) is 3.81. The van der Waals surface area contributed by atoms with Gasteiger partial charge in [0.25, 0.3) is 0 Å². The monoisotopic (exact) mass is 262 g/mol. The largest absolute Gasteiger partial charge is 0.464 e. The van der Waals surface area contributed by atoms with Crippen LogP contribution in [0.15, 0.2) is 28.8 Å². The van der Waals surface area contributed by atoms with Crippen LogP contribution in [0.5, 0.6) is 0 Å². The van der Waals surface area contributed by atoms with E-state index in [1.165, 1.54) is 0 Å². The summed E-state index contributed by atoms with van der Waals surface area (Å²) in [6, 6.07) is 6.31. The average Bonchev–Trinajstić information content (AvgIpc) is 3.04. The zero-order valence-corrected chi connectivity index (χ0v) is 11.8. The van der Waals surface area contributed by atoms with Gasteiger partial charge in [0.15, 0.2) is 0 Å². The maximum Gasteiger partial charge on any atom is 0.122 e. The fourth-order valence-electron chi connectivity index (χ4n) is 2.00. The second-order valence-corrected chi connectivity index (χ2v) is 4.96. The van der Waals surface area contributed by atoms with Crippen LogP contribution in [0.2, 0.25) is 0 Å². The molecule has 0 saturated carbocycles. The summed E-state index contributed by atoms with van der Waals surface area (Å²) in [4.78, 5) is 0. The van der Waals surface area contributed by atoms with E-state index in [-0.39, 0.29) is 6.04 Å². The van der Waals surface area contributed by atoms with Crippen molar-refractivity contribution in [3.63, 3.8) is 0 Å². The summed E-state index contributed by atoms with van der Waals surface area (Å²) in [6.07, 6.45) is 3.60. The van der Waals surface area contributed by atoms with Crippen molar-refractivity contribution < 1.29 is 4.42 Å². The van der Waals surface area contributed by atoms with Crippen molar-refractivity contribution in [1.82, 2.24) is 15.2 Å². The molecule has 5 nitrogen and oxygen atoms in total. The van der Waals surface area contributed by atoms with Crippen molar-refractivity contribution in [2.45, 2.75) is 45.7 Å². The van der Waals surface area contributed by atoms with E-state index in [1.54, 1.807) is 0 Å². The number of nitrogens with zero attached hydrogens (tertiary/aromatic N) is 2. The maximum absolute atomic E-state index is 5.74. The summed E-state index contributed by atoms with van der Waals surface area (Å²) >= 11 is 0.